The first-order valence-electron chi connectivity index (χ1n) is 8.40. The zero-order valence-corrected chi connectivity index (χ0v) is 16.9. The van der Waals surface area contributed by atoms with Crippen LogP contribution in [-0.4, -0.2) is 47.7 Å². The van der Waals surface area contributed by atoms with Gasteiger partial charge in [-0.05, 0) is 49.1 Å². The first-order chi connectivity index (χ1) is 12.5. The molecule has 3 aromatic carbocycles. The molecule has 0 saturated carbocycles. The molecule has 27 heavy (non-hydrogen) atoms. The number of thioether (sulfide) groups is 1. The molecule has 0 spiro atoms. The second kappa shape index (κ2) is 9.81. The van der Waals surface area contributed by atoms with Crippen molar-refractivity contribution in [1.82, 2.24) is 4.90 Å². The Kier molecular flexibility index (Phi) is 7.75. The molecule has 6 heteroatoms. The average molecular weight is 430 g/mol. The predicted octanol–water partition coefficient (Wildman–Crippen LogP) is 4.65. The van der Waals surface area contributed by atoms with E-state index in [0.29, 0.717) is 11.3 Å². The molecule has 0 aliphatic heterocycles. The molecule has 0 amide bonds. The summed E-state index contributed by atoms with van der Waals surface area (Å²) in [6, 6.07) is 16.8. The fraction of sp³-hybridized carbons (Fsp3) is 0.190. The molecule has 0 heterocycles. The molecule has 0 bridgehead atoms. The Bertz CT molecular complexity index is 945. The Hall–Kier alpha value is -1.98. The summed E-state index contributed by atoms with van der Waals surface area (Å²) in [5.41, 5.74) is 1.13. The van der Waals surface area contributed by atoms with Gasteiger partial charge in [-0.3, -0.25) is 4.99 Å². The second-order valence-electron chi connectivity index (χ2n) is 6.28. The van der Waals surface area contributed by atoms with Gasteiger partial charge >= 0.3 is 0 Å². The molecular formula is C21H22CuN2O2S. The van der Waals surface area contributed by atoms with Crippen LogP contribution in [0, 0.1) is 0 Å². The Balaban J connectivity index is 0.00000261. The van der Waals surface area contributed by atoms with Crippen LogP contribution in [0.15, 0.2) is 64.5 Å². The second-order valence-corrected chi connectivity index (χ2v) is 7.45. The van der Waals surface area contributed by atoms with Gasteiger partial charge in [0.25, 0.3) is 0 Å². The summed E-state index contributed by atoms with van der Waals surface area (Å²) in [4.78, 5) is 7.52. The minimum absolute atomic E-state index is 0. The van der Waals surface area contributed by atoms with Crippen LogP contribution in [0.25, 0.3) is 10.8 Å². The van der Waals surface area contributed by atoms with Gasteiger partial charge in [-0.15, -0.1) is 11.8 Å². The van der Waals surface area contributed by atoms with Crippen molar-refractivity contribution in [3.05, 3.63) is 60.2 Å². The Morgan fingerprint density at radius 2 is 1.78 bits per heavy atom. The van der Waals surface area contributed by atoms with E-state index in [1.807, 2.05) is 50.5 Å². The summed E-state index contributed by atoms with van der Waals surface area (Å²) in [7, 11) is 4.08. The smallest absolute Gasteiger partial charge is 0.142 e. The SMILES string of the molecule is CN(C)CCSc1ccc(N=Cc2c(O)ccc3ccccc23)c(O)c1.[Cu]. The molecule has 3 aromatic rings. The molecule has 0 aromatic heterocycles. The summed E-state index contributed by atoms with van der Waals surface area (Å²) in [6.45, 7) is 0.978. The van der Waals surface area contributed by atoms with E-state index in [9.17, 15) is 10.2 Å². The molecule has 0 aliphatic rings. The maximum atomic E-state index is 10.3. The molecule has 0 aliphatic carbocycles. The quantitative estimate of drug-likeness (QED) is 0.340. The van der Waals surface area contributed by atoms with Gasteiger partial charge in [0, 0.05) is 46.0 Å². The molecule has 2 N–H and O–H groups in total. The Labute approximate surface area is 174 Å². The van der Waals surface area contributed by atoms with Crippen molar-refractivity contribution in [2.45, 2.75) is 4.90 Å². The number of aliphatic imine (C=N–C) groups is 1. The third kappa shape index (κ3) is 5.50. The van der Waals surface area contributed by atoms with Gasteiger partial charge in [-0.2, -0.15) is 0 Å². The summed E-state index contributed by atoms with van der Waals surface area (Å²) in [5.74, 6) is 1.26. The number of hydrogen-bond donors (Lipinski definition) is 2. The first-order valence-corrected chi connectivity index (χ1v) is 9.38. The number of benzene rings is 3. The first kappa shape index (κ1) is 21.3. The Morgan fingerprint density at radius 3 is 2.52 bits per heavy atom. The fourth-order valence-corrected chi connectivity index (χ4v) is 3.65. The number of hydrogen-bond acceptors (Lipinski definition) is 5. The largest absolute Gasteiger partial charge is 0.507 e. The zero-order chi connectivity index (χ0) is 18.5. The molecule has 0 atom stereocenters. The fourth-order valence-electron chi connectivity index (χ4n) is 2.60. The number of rotatable bonds is 6. The molecule has 0 fully saturated rings. The van der Waals surface area contributed by atoms with Crippen LogP contribution in [0.4, 0.5) is 5.69 Å². The van der Waals surface area contributed by atoms with Crippen molar-refractivity contribution in [3.63, 3.8) is 0 Å². The van der Waals surface area contributed by atoms with Crippen LogP contribution < -0.4 is 0 Å². The van der Waals surface area contributed by atoms with E-state index in [-0.39, 0.29) is 28.6 Å². The van der Waals surface area contributed by atoms with Crippen LogP contribution in [0.2, 0.25) is 0 Å². The van der Waals surface area contributed by atoms with Gasteiger partial charge < -0.3 is 15.1 Å². The number of aromatic hydroxyl groups is 2. The van der Waals surface area contributed by atoms with Gasteiger partial charge in [-0.1, -0.05) is 30.3 Å². The molecule has 3 rings (SSSR count). The summed E-state index contributed by atoms with van der Waals surface area (Å²) in [6.07, 6.45) is 1.60. The van der Waals surface area contributed by atoms with Crippen LogP contribution in [-0.2, 0) is 17.1 Å². The summed E-state index contributed by atoms with van der Waals surface area (Å²) >= 11 is 1.70. The molecule has 145 valence electrons. The summed E-state index contributed by atoms with van der Waals surface area (Å²) < 4.78 is 0. The summed E-state index contributed by atoms with van der Waals surface area (Å²) in [5, 5.41) is 22.4. The van der Waals surface area contributed by atoms with Crippen LogP contribution in [0.5, 0.6) is 11.5 Å². The molecule has 0 unspecified atom stereocenters. The molecule has 1 radical (unpaired) electrons. The van der Waals surface area contributed by atoms with E-state index >= 15 is 0 Å². The van der Waals surface area contributed by atoms with Gasteiger partial charge in [0.1, 0.15) is 17.2 Å². The van der Waals surface area contributed by atoms with E-state index in [0.717, 1.165) is 28.0 Å². The van der Waals surface area contributed by atoms with Gasteiger partial charge in [-0.25, -0.2) is 0 Å². The van der Waals surface area contributed by atoms with Gasteiger partial charge in [0.2, 0.25) is 0 Å². The third-order valence-corrected chi connectivity index (χ3v) is 5.01. The van der Waals surface area contributed by atoms with E-state index in [1.54, 1.807) is 36.2 Å². The standard InChI is InChI=1S/C21H22N2O2S.Cu/c1-23(2)11-12-26-16-8-9-19(21(25)13-16)22-14-18-17-6-4-3-5-15(17)7-10-20(18)24;/h3-10,13-14,24-25H,11-12H2,1-2H3;. The predicted molar refractivity (Wildman–Crippen MR) is 110 cm³/mol. The Morgan fingerprint density at radius 1 is 1.00 bits per heavy atom. The number of phenolic OH excluding ortho intramolecular Hbond substituents is 2. The van der Waals surface area contributed by atoms with E-state index < -0.39 is 0 Å². The maximum absolute atomic E-state index is 10.3. The average Bonchev–Trinajstić information content (AvgIpc) is 2.62. The van der Waals surface area contributed by atoms with Gasteiger partial charge in [0.15, 0.2) is 0 Å². The van der Waals surface area contributed by atoms with Crippen molar-refractivity contribution in [2.75, 3.05) is 26.4 Å². The van der Waals surface area contributed by atoms with Crippen LogP contribution in [0.1, 0.15) is 5.56 Å². The molecule has 4 nitrogen and oxygen atoms in total. The van der Waals surface area contributed by atoms with Crippen LogP contribution in [0.3, 0.4) is 0 Å². The zero-order valence-electron chi connectivity index (χ0n) is 15.2. The van der Waals surface area contributed by atoms with Crippen molar-refractivity contribution in [1.29, 1.82) is 0 Å². The van der Waals surface area contributed by atoms with Crippen LogP contribution >= 0.6 is 11.8 Å². The van der Waals surface area contributed by atoms with Crippen molar-refractivity contribution in [3.8, 4) is 11.5 Å². The van der Waals surface area contributed by atoms with E-state index in [1.165, 1.54) is 0 Å². The number of nitrogens with zero attached hydrogens (tertiary/aromatic N) is 2. The van der Waals surface area contributed by atoms with E-state index in [2.05, 4.69) is 9.89 Å². The molecular weight excluding hydrogens is 408 g/mol. The van der Waals surface area contributed by atoms with E-state index in [4.69, 9.17) is 0 Å². The third-order valence-electron chi connectivity index (χ3n) is 4.03. The van der Waals surface area contributed by atoms with Crippen molar-refractivity contribution >= 4 is 34.4 Å². The normalized spacial score (nSPS) is 11.2. The molecule has 0 saturated heterocycles. The maximum Gasteiger partial charge on any atom is 0.142 e. The monoisotopic (exact) mass is 429 g/mol. The minimum Gasteiger partial charge on any atom is -0.507 e. The topological polar surface area (TPSA) is 56.1 Å². The minimum atomic E-state index is 0. The van der Waals surface area contributed by atoms with Crippen molar-refractivity contribution in [2.24, 2.45) is 4.99 Å². The number of phenols is 2. The van der Waals surface area contributed by atoms with Gasteiger partial charge in [0.05, 0.1) is 0 Å². The van der Waals surface area contributed by atoms with Crippen molar-refractivity contribution < 1.29 is 27.3 Å². The number of fused-ring (bicyclic) bond motifs is 1.